The van der Waals surface area contributed by atoms with E-state index in [0.29, 0.717) is 23.6 Å². The molecule has 0 unspecified atom stereocenters. The highest BCUT2D eigenvalue weighted by atomic mass is 19.1. The molecule has 0 aliphatic rings. The van der Waals surface area contributed by atoms with Crippen LogP contribution in [0, 0.1) is 5.82 Å². The molecule has 4 heterocycles. The van der Waals surface area contributed by atoms with Crippen molar-refractivity contribution in [1.82, 2.24) is 30.0 Å². The van der Waals surface area contributed by atoms with Gasteiger partial charge in [-0.15, -0.1) is 0 Å². The van der Waals surface area contributed by atoms with E-state index in [1.165, 1.54) is 31.5 Å². The molecule has 0 saturated heterocycles. The lowest BCUT2D eigenvalue weighted by atomic mass is 10.2. The van der Waals surface area contributed by atoms with Gasteiger partial charge in [0.25, 0.3) is 5.91 Å². The van der Waals surface area contributed by atoms with Gasteiger partial charge in [0, 0.05) is 41.5 Å². The summed E-state index contributed by atoms with van der Waals surface area (Å²) in [5, 5.41) is 13.0. The number of anilines is 4. The Balaban J connectivity index is 1.77. The van der Waals surface area contributed by atoms with Crippen LogP contribution in [0.1, 0.15) is 21.4 Å². The van der Waals surface area contributed by atoms with E-state index in [0.717, 1.165) is 11.6 Å². The number of fused-ring (bicyclic) bond motifs is 1. The van der Waals surface area contributed by atoms with Gasteiger partial charge < -0.3 is 20.7 Å². The van der Waals surface area contributed by atoms with E-state index in [-0.39, 0.29) is 22.9 Å². The minimum absolute atomic E-state index is 0.0494. The fourth-order valence-corrected chi connectivity index (χ4v) is 3.15. The Morgan fingerprint density at radius 3 is 2.72 bits per heavy atom. The summed E-state index contributed by atoms with van der Waals surface area (Å²) >= 11 is 0. The van der Waals surface area contributed by atoms with E-state index in [1.54, 1.807) is 17.1 Å². The summed E-state index contributed by atoms with van der Waals surface area (Å²) in [7, 11) is 1.48. The number of hydrogen-bond donors (Lipinski definition) is 3. The number of pyridine rings is 3. The van der Waals surface area contributed by atoms with Gasteiger partial charge in [-0.25, -0.2) is 19.3 Å². The van der Waals surface area contributed by atoms with Crippen LogP contribution in [0.2, 0.25) is 0 Å². The minimum Gasteiger partial charge on any atom is -0.491 e. The molecule has 3 N–H and O–H groups in total. The highest BCUT2D eigenvalue weighted by molar-refractivity contribution is 6.01. The molecule has 4 aromatic heterocycles. The Hall–Kier alpha value is -4.28. The Morgan fingerprint density at radius 2 is 2.00 bits per heavy atom. The van der Waals surface area contributed by atoms with Crippen LogP contribution in [0.5, 0.6) is 5.75 Å². The van der Waals surface area contributed by atoms with Gasteiger partial charge in [0.05, 0.1) is 30.8 Å². The number of nitrogens with zero attached hydrogens (tertiary/aromatic N) is 5. The van der Waals surface area contributed by atoms with Gasteiger partial charge in [-0.05, 0) is 19.1 Å². The van der Waals surface area contributed by atoms with E-state index in [1.807, 2.05) is 12.2 Å². The molecule has 0 spiro atoms. The van der Waals surface area contributed by atoms with Crippen LogP contribution in [-0.4, -0.2) is 44.7 Å². The number of amides is 1. The number of hydrogen-bond acceptors (Lipinski definition) is 8. The van der Waals surface area contributed by atoms with E-state index in [9.17, 15) is 9.18 Å². The smallest absolute Gasteiger partial charge is 0.254 e. The molecule has 0 aromatic carbocycles. The van der Waals surface area contributed by atoms with Crippen molar-refractivity contribution in [2.75, 3.05) is 24.7 Å². The standard InChI is InChI=1S/C21H21FN8O2/c1-4-30-18-12(9-27-30)8-26-20(19(18)32-3)28-15-7-17(25-11-14(15)21(31)23-2)29-16-6-5-13(22)10-24-16/h5-11H,4H2,1-3H3,(H,23,31)(H2,24,25,26,28,29)/i2D3. The van der Waals surface area contributed by atoms with Gasteiger partial charge in [-0.3, -0.25) is 9.48 Å². The van der Waals surface area contributed by atoms with Crippen molar-refractivity contribution in [3.8, 4) is 5.75 Å². The summed E-state index contributed by atoms with van der Waals surface area (Å²) in [6.07, 6.45) is 5.51. The highest BCUT2D eigenvalue weighted by Crippen LogP contribution is 2.34. The number of ether oxygens (including phenoxy) is 1. The molecule has 10 nitrogen and oxygen atoms in total. The Bertz CT molecular complexity index is 1380. The largest absolute Gasteiger partial charge is 0.491 e. The van der Waals surface area contributed by atoms with Crippen LogP contribution in [0.3, 0.4) is 0 Å². The van der Waals surface area contributed by atoms with Crippen LogP contribution in [-0.2, 0) is 6.54 Å². The molecule has 164 valence electrons. The summed E-state index contributed by atoms with van der Waals surface area (Å²) in [5.74, 6) is -0.137. The molecule has 0 bridgehead atoms. The quantitative estimate of drug-likeness (QED) is 0.402. The third kappa shape index (κ3) is 4.00. The number of aryl methyl sites for hydroxylation is 1. The third-order valence-corrected chi connectivity index (χ3v) is 4.63. The van der Waals surface area contributed by atoms with Crippen LogP contribution in [0.15, 0.2) is 43.0 Å². The molecule has 0 radical (unpaired) electrons. The summed E-state index contributed by atoms with van der Waals surface area (Å²) in [6, 6.07) is 4.12. The lowest BCUT2D eigenvalue weighted by Crippen LogP contribution is -2.20. The van der Waals surface area contributed by atoms with Crippen molar-refractivity contribution in [2.45, 2.75) is 13.5 Å². The van der Waals surface area contributed by atoms with Crippen molar-refractivity contribution in [1.29, 1.82) is 0 Å². The zero-order chi connectivity index (χ0) is 25.2. The summed E-state index contributed by atoms with van der Waals surface area (Å²) < 4.78 is 42.6. The number of carbonyl (C=O) groups excluding carboxylic acids is 1. The fraction of sp³-hybridized carbons (Fsp3) is 0.190. The maximum Gasteiger partial charge on any atom is 0.254 e. The predicted molar refractivity (Wildman–Crippen MR) is 118 cm³/mol. The minimum atomic E-state index is -2.70. The molecule has 0 aliphatic carbocycles. The van der Waals surface area contributed by atoms with Gasteiger partial charge in [0.15, 0.2) is 11.6 Å². The molecule has 32 heavy (non-hydrogen) atoms. The van der Waals surface area contributed by atoms with Crippen LogP contribution in [0.25, 0.3) is 10.9 Å². The molecule has 4 aromatic rings. The Labute approximate surface area is 187 Å². The molecule has 0 fully saturated rings. The molecule has 0 aliphatic heterocycles. The second-order valence-corrected chi connectivity index (χ2v) is 6.59. The first-order valence-electron chi connectivity index (χ1n) is 11.0. The van der Waals surface area contributed by atoms with Crippen molar-refractivity contribution in [3.05, 3.63) is 54.4 Å². The Kier molecular flexibility index (Phi) is 4.81. The maximum absolute atomic E-state index is 13.2. The number of halogens is 1. The molecule has 1 amide bonds. The number of methoxy groups -OCH3 is 1. The van der Waals surface area contributed by atoms with Gasteiger partial charge in [0.2, 0.25) is 0 Å². The molecule has 0 saturated carbocycles. The van der Waals surface area contributed by atoms with Crippen molar-refractivity contribution in [2.24, 2.45) is 0 Å². The van der Waals surface area contributed by atoms with Gasteiger partial charge >= 0.3 is 0 Å². The van der Waals surface area contributed by atoms with Crippen LogP contribution < -0.4 is 20.7 Å². The summed E-state index contributed by atoms with van der Waals surface area (Å²) in [6.45, 7) is -0.184. The lowest BCUT2D eigenvalue weighted by molar-refractivity contribution is 0.0963. The lowest BCUT2D eigenvalue weighted by Gasteiger charge is -2.15. The average Bonchev–Trinajstić information content (AvgIpc) is 3.23. The van der Waals surface area contributed by atoms with Gasteiger partial charge in [-0.1, -0.05) is 0 Å². The SMILES string of the molecule is [2H]C([2H])([2H])NC(=O)c1cnc(Nc2ccc(F)cn2)cc1Nc1ncc2cnn(CC)c2c1OC. The summed E-state index contributed by atoms with van der Waals surface area (Å²) in [4.78, 5) is 25.2. The van der Waals surface area contributed by atoms with E-state index in [4.69, 9.17) is 8.85 Å². The zero-order valence-corrected chi connectivity index (χ0v) is 17.2. The predicted octanol–water partition coefficient (Wildman–Crippen LogP) is 3.24. The Morgan fingerprint density at radius 1 is 1.16 bits per heavy atom. The zero-order valence-electron chi connectivity index (χ0n) is 20.2. The van der Waals surface area contributed by atoms with E-state index in [2.05, 4.69) is 30.7 Å². The first-order valence-corrected chi connectivity index (χ1v) is 9.55. The maximum atomic E-state index is 13.2. The van der Waals surface area contributed by atoms with E-state index >= 15 is 0 Å². The van der Waals surface area contributed by atoms with Gasteiger partial charge in [-0.2, -0.15) is 5.10 Å². The van der Waals surface area contributed by atoms with Crippen LogP contribution >= 0.6 is 0 Å². The number of rotatable bonds is 7. The summed E-state index contributed by atoms with van der Waals surface area (Å²) in [5.41, 5.74) is 0.842. The highest BCUT2D eigenvalue weighted by Gasteiger charge is 2.18. The average molecular weight is 439 g/mol. The second kappa shape index (κ2) is 8.84. The molecule has 11 heteroatoms. The first kappa shape index (κ1) is 17.4. The number of carbonyl (C=O) groups is 1. The third-order valence-electron chi connectivity index (χ3n) is 4.63. The monoisotopic (exact) mass is 439 g/mol. The normalized spacial score (nSPS) is 12.5. The molecule has 4 rings (SSSR count). The van der Waals surface area contributed by atoms with Crippen LogP contribution in [0.4, 0.5) is 27.5 Å². The number of aromatic nitrogens is 5. The van der Waals surface area contributed by atoms with Crippen molar-refractivity contribution >= 4 is 40.0 Å². The van der Waals surface area contributed by atoms with Crippen molar-refractivity contribution < 1.29 is 18.0 Å². The topological polar surface area (TPSA) is 119 Å². The van der Waals surface area contributed by atoms with Gasteiger partial charge in [0.1, 0.15) is 23.0 Å². The molecular formula is C21H21FN8O2. The number of nitrogens with one attached hydrogen (secondary N) is 3. The second-order valence-electron chi connectivity index (χ2n) is 6.59. The first-order chi connectivity index (χ1) is 16.7. The molecule has 0 atom stereocenters. The molecular weight excluding hydrogens is 415 g/mol. The fourth-order valence-electron chi connectivity index (χ4n) is 3.15. The van der Waals surface area contributed by atoms with E-state index < -0.39 is 18.7 Å². The van der Waals surface area contributed by atoms with Crippen molar-refractivity contribution in [3.63, 3.8) is 0 Å².